The SMILES string of the molecule is CNC(C)CNC(=O)c1cc(S(=O)(=O)N2CCCC(C)C2)cn1C. The highest BCUT2D eigenvalue weighted by molar-refractivity contribution is 7.89. The quantitative estimate of drug-likeness (QED) is 0.789. The average molecular weight is 356 g/mol. The zero-order valence-electron chi connectivity index (χ0n) is 14.9. The van der Waals surface area contributed by atoms with Crippen molar-refractivity contribution in [3.8, 4) is 0 Å². The van der Waals surface area contributed by atoms with E-state index >= 15 is 0 Å². The van der Waals surface area contributed by atoms with Gasteiger partial charge in [-0.15, -0.1) is 0 Å². The van der Waals surface area contributed by atoms with Gasteiger partial charge in [0.25, 0.3) is 5.91 Å². The van der Waals surface area contributed by atoms with Crippen LogP contribution >= 0.6 is 0 Å². The molecular weight excluding hydrogens is 328 g/mol. The number of carbonyl (C=O) groups is 1. The molecule has 0 aromatic carbocycles. The van der Waals surface area contributed by atoms with E-state index in [1.165, 1.54) is 16.6 Å². The van der Waals surface area contributed by atoms with Crippen LogP contribution in [0.4, 0.5) is 0 Å². The molecule has 2 unspecified atom stereocenters. The Labute approximate surface area is 144 Å². The van der Waals surface area contributed by atoms with Gasteiger partial charge in [-0.05, 0) is 38.8 Å². The minimum atomic E-state index is -3.55. The highest BCUT2D eigenvalue weighted by Gasteiger charge is 2.30. The van der Waals surface area contributed by atoms with Gasteiger partial charge in [0.05, 0.1) is 0 Å². The summed E-state index contributed by atoms with van der Waals surface area (Å²) in [6.07, 6.45) is 3.45. The topological polar surface area (TPSA) is 83.4 Å². The Morgan fingerprint density at radius 2 is 2.17 bits per heavy atom. The van der Waals surface area contributed by atoms with Gasteiger partial charge in [0.1, 0.15) is 10.6 Å². The van der Waals surface area contributed by atoms with E-state index in [9.17, 15) is 13.2 Å². The molecule has 0 spiro atoms. The molecule has 0 bridgehead atoms. The number of sulfonamides is 1. The summed E-state index contributed by atoms with van der Waals surface area (Å²) in [6, 6.07) is 1.61. The number of rotatable bonds is 6. The van der Waals surface area contributed by atoms with E-state index in [-0.39, 0.29) is 16.8 Å². The zero-order valence-corrected chi connectivity index (χ0v) is 15.7. The summed E-state index contributed by atoms with van der Waals surface area (Å²) in [5.74, 6) is 0.0936. The van der Waals surface area contributed by atoms with Gasteiger partial charge in [-0.1, -0.05) is 6.92 Å². The fourth-order valence-electron chi connectivity index (χ4n) is 2.85. The van der Waals surface area contributed by atoms with Gasteiger partial charge in [0.15, 0.2) is 0 Å². The van der Waals surface area contributed by atoms with Gasteiger partial charge in [-0.3, -0.25) is 4.79 Å². The molecule has 1 amide bonds. The number of carbonyl (C=O) groups excluding carboxylic acids is 1. The van der Waals surface area contributed by atoms with Crippen molar-refractivity contribution in [2.24, 2.45) is 13.0 Å². The Bertz CT molecular complexity index is 683. The van der Waals surface area contributed by atoms with Gasteiger partial charge >= 0.3 is 0 Å². The van der Waals surface area contributed by atoms with E-state index in [1.807, 2.05) is 14.0 Å². The third-order valence-corrected chi connectivity index (χ3v) is 6.36. The van der Waals surface area contributed by atoms with Gasteiger partial charge in [0, 0.05) is 38.9 Å². The van der Waals surface area contributed by atoms with Gasteiger partial charge in [-0.2, -0.15) is 4.31 Å². The first-order chi connectivity index (χ1) is 11.3. The third kappa shape index (κ3) is 4.17. The van der Waals surface area contributed by atoms with Gasteiger partial charge in [0.2, 0.25) is 10.0 Å². The molecule has 2 atom stereocenters. The van der Waals surface area contributed by atoms with Crippen LogP contribution in [0.3, 0.4) is 0 Å². The Kier molecular flexibility index (Phi) is 6.06. The van der Waals surface area contributed by atoms with E-state index in [0.717, 1.165) is 12.8 Å². The lowest BCUT2D eigenvalue weighted by molar-refractivity contribution is 0.0942. The average Bonchev–Trinajstić information content (AvgIpc) is 2.95. The molecule has 1 saturated heterocycles. The summed E-state index contributed by atoms with van der Waals surface area (Å²) in [7, 11) is -0.0341. The molecule has 1 aliphatic rings. The highest BCUT2D eigenvalue weighted by Crippen LogP contribution is 2.24. The molecule has 1 aliphatic heterocycles. The molecule has 1 aromatic rings. The molecule has 2 rings (SSSR count). The largest absolute Gasteiger partial charge is 0.349 e. The van der Waals surface area contributed by atoms with Crippen LogP contribution in [0.5, 0.6) is 0 Å². The van der Waals surface area contributed by atoms with Gasteiger partial charge < -0.3 is 15.2 Å². The minimum absolute atomic E-state index is 0.146. The molecule has 1 fully saturated rings. The van der Waals surface area contributed by atoms with Crippen LogP contribution < -0.4 is 10.6 Å². The van der Waals surface area contributed by atoms with Crippen LogP contribution in [0.15, 0.2) is 17.2 Å². The lowest BCUT2D eigenvalue weighted by Crippen LogP contribution is -2.39. The molecule has 136 valence electrons. The number of aromatic nitrogens is 1. The molecule has 2 N–H and O–H groups in total. The molecule has 0 saturated carbocycles. The highest BCUT2D eigenvalue weighted by atomic mass is 32.2. The van der Waals surface area contributed by atoms with Crippen molar-refractivity contribution < 1.29 is 13.2 Å². The summed E-state index contributed by atoms with van der Waals surface area (Å²) in [4.78, 5) is 12.5. The smallest absolute Gasteiger partial charge is 0.267 e. The Morgan fingerprint density at radius 3 is 2.79 bits per heavy atom. The molecule has 0 aliphatic carbocycles. The number of piperidine rings is 1. The number of amides is 1. The maximum Gasteiger partial charge on any atom is 0.267 e. The van der Waals surface area contributed by atoms with Crippen LogP contribution in [-0.4, -0.2) is 55.9 Å². The Hall–Kier alpha value is -1.38. The van der Waals surface area contributed by atoms with Gasteiger partial charge in [-0.25, -0.2) is 8.42 Å². The summed E-state index contributed by atoms with van der Waals surface area (Å²) >= 11 is 0. The van der Waals surface area contributed by atoms with Crippen molar-refractivity contribution in [1.82, 2.24) is 19.5 Å². The van der Waals surface area contributed by atoms with Crippen LogP contribution in [0.25, 0.3) is 0 Å². The van der Waals surface area contributed by atoms with Crippen molar-refractivity contribution in [3.63, 3.8) is 0 Å². The van der Waals surface area contributed by atoms with E-state index < -0.39 is 10.0 Å². The summed E-state index contributed by atoms with van der Waals surface area (Å²) < 4.78 is 28.7. The first kappa shape index (κ1) is 19.0. The Balaban J connectivity index is 2.16. The monoisotopic (exact) mass is 356 g/mol. The molecule has 8 heteroatoms. The van der Waals surface area contributed by atoms with Crippen LogP contribution in [0, 0.1) is 5.92 Å². The van der Waals surface area contributed by atoms with Crippen molar-refractivity contribution in [1.29, 1.82) is 0 Å². The van der Waals surface area contributed by atoms with Crippen LogP contribution in [-0.2, 0) is 17.1 Å². The maximum absolute atomic E-state index is 12.8. The molecule has 0 radical (unpaired) electrons. The minimum Gasteiger partial charge on any atom is -0.349 e. The standard InChI is InChI=1S/C16H28N4O3S/c1-12-6-5-7-20(10-12)24(22,23)14-8-15(19(4)11-14)16(21)18-9-13(2)17-3/h8,11-13,17H,5-7,9-10H2,1-4H3,(H,18,21). The summed E-state index contributed by atoms with van der Waals surface area (Å²) in [6.45, 7) is 5.58. The third-order valence-electron chi connectivity index (χ3n) is 4.53. The normalized spacial score (nSPS) is 20.8. The van der Waals surface area contributed by atoms with E-state index in [1.54, 1.807) is 11.6 Å². The number of nitrogens with one attached hydrogen (secondary N) is 2. The van der Waals surface area contributed by atoms with E-state index in [2.05, 4.69) is 17.6 Å². The molecule has 1 aromatic heterocycles. The van der Waals surface area contributed by atoms with Crippen molar-refractivity contribution in [2.75, 3.05) is 26.7 Å². The van der Waals surface area contributed by atoms with Crippen LogP contribution in [0.2, 0.25) is 0 Å². The number of hydrogen-bond donors (Lipinski definition) is 2. The van der Waals surface area contributed by atoms with Crippen LogP contribution in [0.1, 0.15) is 37.2 Å². The summed E-state index contributed by atoms with van der Waals surface area (Å²) in [5, 5.41) is 5.85. The maximum atomic E-state index is 12.8. The lowest BCUT2D eigenvalue weighted by Gasteiger charge is -2.29. The fourth-order valence-corrected chi connectivity index (χ4v) is 4.52. The number of nitrogens with zero attached hydrogens (tertiary/aromatic N) is 2. The second kappa shape index (κ2) is 7.67. The predicted octanol–water partition coefficient (Wildman–Crippen LogP) is 0.783. The van der Waals surface area contributed by atoms with Crippen molar-refractivity contribution in [3.05, 3.63) is 18.0 Å². The first-order valence-corrected chi connectivity index (χ1v) is 9.81. The fraction of sp³-hybridized carbons (Fsp3) is 0.688. The lowest BCUT2D eigenvalue weighted by atomic mass is 10.0. The number of likely N-dealkylation sites (N-methyl/N-ethyl adjacent to an activating group) is 1. The Morgan fingerprint density at radius 1 is 1.46 bits per heavy atom. The van der Waals surface area contributed by atoms with E-state index in [4.69, 9.17) is 0 Å². The van der Waals surface area contributed by atoms with Crippen molar-refractivity contribution in [2.45, 2.75) is 37.6 Å². The molecule has 24 heavy (non-hydrogen) atoms. The number of hydrogen-bond acceptors (Lipinski definition) is 4. The predicted molar refractivity (Wildman–Crippen MR) is 93.4 cm³/mol. The second-order valence-corrected chi connectivity index (χ2v) is 8.62. The molecule has 7 nitrogen and oxygen atoms in total. The first-order valence-electron chi connectivity index (χ1n) is 8.37. The zero-order chi connectivity index (χ0) is 17.9. The molecule has 2 heterocycles. The van der Waals surface area contributed by atoms with E-state index in [0.29, 0.717) is 31.2 Å². The molecular formula is C16H28N4O3S. The second-order valence-electron chi connectivity index (χ2n) is 6.68. The number of aryl methyl sites for hydroxylation is 1. The summed E-state index contributed by atoms with van der Waals surface area (Å²) in [5.41, 5.74) is 0.349. The van der Waals surface area contributed by atoms with Crippen molar-refractivity contribution >= 4 is 15.9 Å².